The average molecular weight is 341 g/mol. The second-order valence-electron chi connectivity index (χ2n) is 5.50. The summed E-state index contributed by atoms with van der Waals surface area (Å²) in [6.45, 7) is 0.461. The van der Waals surface area contributed by atoms with Crippen LogP contribution >= 0.6 is 11.8 Å². The molecule has 0 radical (unpaired) electrons. The molecule has 0 saturated heterocycles. The van der Waals surface area contributed by atoms with Crippen molar-refractivity contribution in [3.63, 3.8) is 0 Å². The smallest absolute Gasteiger partial charge is 0.307 e. The zero-order chi connectivity index (χ0) is 16.8. The van der Waals surface area contributed by atoms with Crippen molar-refractivity contribution in [1.29, 1.82) is 0 Å². The third-order valence-corrected chi connectivity index (χ3v) is 4.88. The lowest BCUT2D eigenvalue weighted by Gasteiger charge is -2.17. The fourth-order valence-corrected chi connectivity index (χ4v) is 3.51. The lowest BCUT2D eigenvalue weighted by Crippen LogP contribution is -2.33. The van der Waals surface area contributed by atoms with Gasteiger partial charge in [0.15, 0.2) is 6.61 Å². The Hall–Kier alpha value is -2.27. The molecule has 0 saturated carbocycles. The van der Waals surface area contributed by atoms with Gasteiger partial charge in [-0.3, -0.25) is 9.59 Å². The largest absolute Gasteiger partial charge is 0.456 e. The highest BCUT2D eigenvalue weighted by molar-refractivity contribution is 7.99. The first-order valence-electron chi connectivity index (χ1n) is 7.96. The molecule has 0 aromatic heterocycles. The minimum Gasteiger partial charge on any atom is -0.456 e. The SMILES string of the molecule is O=C(CCSc1ccccc1)OCC(=O)N1CCc2ccccc21. The molecule has 124 valence electrons. The zero-order valence-electron chi connectivity index (χ0n) is 13.3. The number of benzene rings is 2. The van der Waals surface area contributed by atoms with Crippen LogP contribution in [0.2, 0.25) is 0 Å². The molecule has 4 nitrogen and oxygen atoms in total. The summed E-state index contributed by atoms with van der Waals surface area (Å²) in [5.41, 5.74) is 2.09. The Morgan fingerprint density at radius 1 is 1.04 bits per heavy atom. The van der Waals surface area contributed by atoms with E-state index in [1.165, 1.54) is 0 Å². The molecule has 0 N–H and O–H groups in total. The van der Waals surface area contributed by atoms with E-state index in [0.717, 1.165) is 22.6 Å². The first-order valence-corrected chi connectivity index (χ1v) is 8.94. The number of anilines is 1. The summed E-state index contributed by atoms with van der Waals surface area (Å²) in [5, 5.41) is 0. The standard InChI is InChI=1S/C19H19NO3S/c21-18(20-12-10-15-6-4-5-9-17(15)20)14-23-19(22)11-13-24-16-7-2-1-3-8-16/h1-9H,10-14H2. The van der Waals surface area contributed by atoms with Crippen molar-refractivity contribution in [2.24, 2.45) is 0 Å². The van der Waals surface area contributed by atoms with Gasteiger partial charge in [-0.25, -0.2) is 0 Å². The lowest BCUT2D eigenvalue weighted by molar-refractivity contribution is -0.147. The Morgan fingerprint density at radius 3 is 2.62 bits per heavy atom. The van der Waals surface area contributed by atoms with Crippen molar-refractivity contribution in [2.75, 3.05) is 23.8 Å². The second kappa shape index (κ2) is 8.02. The molecule has 5 heteroatoms. The Labute approximate surface area is 145 Å². The summed E-state index contributed by atoms with van der Waals surface area (Å²) in [7, 11) is 0. The fourth-order valence-electron chi connectivity index (χ4n) is 2.66. The van der Waals surface area contributed by atoms with E-state index in [9.17, 15) is 9.59 Å². The van der Waals surface area contributed by atoms with Crippen LogP contribution in [0.5, 0.6) is 0 Å². The van der Waals surface area contributed by atoms with Crippen LogP contribution in [-0.4, -0.2) is 30.8 Å². The van der Waals surface area contributed by atoms with Gasteiger partial charge in [-0.2, -0.15) is 0 Å². The molecule has 0 fully saturated rings. The van der Waals surface area contributed by atoms with Gasteiger partial charge in [0.2, 0.25) is 0 Å². The highest BCUT2D eigenvalue weighted by Crippen LogP contribution is 2.27. The van der Waals surface area contributed by atoms with Crippen molar-refractivity contribution >= 4 is 29.3 Å². The van der Waals surface area contributed by atoms with Crippen LogP contribution in [0.1, 0.15) is 12.0 Å². The van der Waals surface area contributed by atoms with Crippen LogP contribution in [0, 0.1) is 0 Å². The van der Waals surface area contributed by atoms with Crippen LogP contribution in [0.3, 0.4) is 0 Å². The molecule has 0 bridgehead atoms. The number of thioether (sulfide) groups is 1. The van der Waals surface area contributed by atoms with Gasteiger partial charge in [0.05, 0.1) is 6.42 Å². The van der Waals surface area contributed by atoms with Gasteiger partial charge in [-0.05, 0) is 30.2 Å². The summed E-state index contributed by atoms with van der Waals surface area (Å²) in [6.07, 6.45) is 1.15. The van der Waals surface area contributed by atoms with E-state index in [0.29, 0.717) is 18.7 Å². The molecule has 0 unspecified atom stereocenters. The number of hydrogen-bond acceptors (Lipinski definition) is 4. The second-order valence-corrected chi connectivity index (χ2v) is 6.66. The molecule has 3 rings (SSSR count). The molecule has 1 aliphatic heterocycles. The number of ether oxygens (including phenoxy) is 1. The Kier molecular flexibility index (Phi) is 5.54. The number of rotatable bonds is 6. The monoisotopic (exact) mass is 341 g/mol. The molecular formula is C19H19NO3S. The van der Waals surface area contributed by atoms with E-state index in [2.05, 4.69) is 0 Å². The molecule has 0 spiro atoms. The van der Waals surface area contributed by atoms with E-state index in [1.54, 1.807) is 16.7 Å². The van der Waals surface area contributed by atoms with Crippen LogP contribution < -0.4 is 4.90 Å². The molecule has 2 aromatic rings. The number of nitrogens with zero attached hydrogens (tertiary/aromatic N) is 1. The minimum atomic E-state index is -0.334. The van der Waals surface area contributed by atoms with Gasteiger partial charge < -0.3 is 9.64 Å². The number of carbonyl (C=O) groups excluding carboxylic acids is 2. The maximum absolute atomic E-state index is 12.3. The van der Waals surface area contributed by atoms with Crippen molar-refractivity contribution < 1.29 is 14.3 Å². The lowest BCUT2D eigenvalue weighted by atomic mass is 10.2. The summed E-state index contributed by atoms with van der Waals surface area (Å²) >= 11 is 1.60. The molecule has 2 aromatic carbocycles. The van der Waals surface area contributed by atoms with Crippen LogP contribution in [-0.2, 0) is 20.7 Å². The van der Waals surface area contributed by atoms with Gasteiger partial charge in [0.25, 0.3) is 5.91 Å². The molecule has 1 amide bonds. The van der Waals surface area contributed by atoms with Crippen molar-refractivity contribution in [3.05, 3.63) is 60.2 Å². The number of para-hydroxylation sites is 1. The predicted molar refractivity (Wildman–Crippen MR) is 95.2 cm³/mol. The average Bonchev–Trinajstić information content (AvgIpc) is 3.05. The van der Waals surface area contributed by atoms with Crippen LogP contribution in [0.15, 0.2) is 59.5 Å². The number of carbonyl (C=O) groups is 2. The summed E-state index contributed by atoms with van der Waals surface area (Å²) < 4.78 is 5.13. The van der Waals surface area contributed by atoms with E-state index >= 15 is 0 Å². The van der Waals surface area contributed by atoms with E-state index < -0.39 is 0 Å². The number of amides is 1. The zero-order valence-corrected chi connectivity index (χ0v) is 14.1. The molecule has 0 atom stereocenters. The number of fused-ring (bicyclic) bond motifs is 1. The maximum Gasteiger partial charge on any atom is 0.307 e. The van der Waals surface area contributed by atoms with Crippen molar-refractivity contribution in [2.45, 2.75) is 17.7 Å². The number of esters is 1. The minimum absolute atomic E-state index is 0.163. The third kappa shape index (κ3) is 4.17. The highest BCUT2D eigenvalue weighted by Gasteiger charge is 2.24. The Bertz CT molecular complexity index is 718. The van der Waals surface area contributed by atoms with Gasteiger partial charge in [-0.15, -0.1) is 11.8 Å². The topological polar surface area (TPSA) is 46.6 Å². The van der Waals surface area contributed by atoms with Gasteiger partial charge >= 0.3 is 5.97 Å². The number of hydrogen-bond donors (Lipinski definition) is 0. The van der Waals surface area contributed by atoms with Crippen LogP contribution in [0.25, 0.3) is 0 Å². The predicted octanol–water partition coefficient (Wildman–Crippen LogP) is 3.30. The van der Waals surface area contributed by atoms with Gasteiger partial charge in [0.1, 0.15) is 0 Å². The maximum atomic E-state index is 12.3. The summed E-state index contributed by atoms with van der Waals surface area (Å²) in [5.74, 6) is 0.145. The van der Waals surface area contributed by atoms with E-state index in [-0.39, 0.29) is 18.5 Å². The summed E-state index contributed by atoms with van der Waals surface area (Å²) in [6, 6.07) is 17.7. The Morgan fingerprint density at radius 2 is 1.79 bits per heavy atom. The van der Waals surface area contributed by atoms with Gasteiger partial charge in [0, 0.05) is 22.9 Å². The van der Waals surface area contributed by atoms with Crippen molar-refractivity contribution in [3.8, 4) is 0 Å². The fraction of sp³-hybridized carbons (Fsp3) is 0.263. The molecule has 1 heterocycles. The molecule has 0 aliphatic carbocycles. The quantitative estimate of drug-likeness (QED) is 0.597. The molecular weight excluding hydrogens is 322 g/mol. The third-order valence-electron chi connectivity index (χ3n) is 3.86. The van der Waals surface area contributed by atoms with Crippen molar-refractivity contribution in [1.82, 2.24) is 0 Å². The van der Waals surface area contributed by atoms with Crippen LogP contribution in [0.4, 0.5) is 5.69 Å². The molecule has 24 heavy (non-hydrogen) atoms. The summed E-state index contributed by atoms with van der Waals surface area (Å²) in [4.78, 5) is 26.9. The normalized spacial score (nSPS) is 12.8. The first-order chi connectivity index (χ1) is 11.7. The van der Waals surface area contributed by atoms with Gasteiger partial charge in [-0.1, -0.05) is 36.4 Å². The Balaban J connectivity index is 1.41. The highest BCUT2D eigenvalue weighted by atomic mass is 32.2. The first kappa shape index (κ1) is 16.6. The molecule has 1 aliphatic rings. The van der Waals surface area contributed by atoms with E-state index in [4.69, 9.17) is 4.74 Å². The van der Waals surface area contributed by atoms with E-state index in [1.807, 2.05) is 54.6 Å².